The summed E-state index contributed by atoms with van der Waals surface area (Å²) in [5, 5.41) is 7.29. The smallest absolute Gasteiger partial charge is 0.171 e. The van der Waals surface area contributed by atoms with Crippen LogP contribution in [0.1, 0.15) is 18.5 Å². The summed E-state index contributed by atoms with van der Waals surface area (Å²) >= 11 is 14.6. The van der Waals surface area contributed by atoms with Gasteiger partial charge in [-0.15, -0.1) is 0 Å². The molecule has 0 aromatic heterocycles. The van der Waals surface area contributed by atoms with Gasteiger partial charge in [0.1, 0.15) is 5.82 Å². The SMILES string of the molecule is C[C@@H](NC(=S)Nc1ccc(Br)c(Cl)c1)c1ccc(F)cc1. The summed E-state index contributed by atoms with van der Waals surface area (Å²) in [4.78, 5) is 0. The number of rotatable bonds is 3. The number of hydrogen-bond donors (Lipinski definition) is 2. The van der Waals surface area contributed by atoms with Crippen LogP contribution in [-0.2, 0) is 0 Å². The van der Waals surface area contributed by atoms with Gasteiger partial charge in [0.25, 0.3) is 0 Å². The molecule has 21 heavy (non-hydrogen) atoms. The Morgan fingerprint density at radius 3 is 2.52 bits per heavy atom. The second kappa shape index (κ2) is 7.20. The van der Waals surface area contributed by atoms with E-state index in [1.807, 2.05) is 19.1 Å². The maximum atomic E-state index is 12.9. The van der Waals surface area contributed by atoms with Crippen LogP contribution in [0, 0.1) is 5.82 Å². The lowest BCUT2D eigenvalue weighted by Gasteiger charge is -2.17. The third-order valence-corrected chi connectivity index (χ3v) is 4.35. The first-order valence-corrected chi connectivity index (χ1v) is 7.81. The van der Waals surface area contributed by atoms with Gasteiger partial charge in [-0.05, 0) is 71.0 Å². The number of anilines is 1. The van der Waals surface area contributed by atoms with Crippen molar-refractivity contribution < 1.29 is 4.39 Å². The minimum absolute atomic E-state index is 0.0310. The van der Waals surface area contributed by atoms with Gasteiger partial charge in [-0.25, -0.2) is 4.39 Å². The number of halogens is 3. The normalized spacial score (nSPS) is 11.8. The van der Waals surface area contributed by atoms with E-state index in [4.69, 9.17) is 23.8 Å². The molecule has 0 aliphatic carbocycles. The van der Waals surface area contributed by atoms with Crippen LogP contribution in [0.5, 0.6) is 0 Å². The minimum atomic E-state index is -0.254. The predicted octanol–water partition coefficient (Wildman–Crippen LogP) is 5.29. The maximum absolute atomic E-state index is 12.9. The Balaban J connectivity index is 1.97. The van der Waals surface area contributed by atoms with Gasteiger partial charge in [-0.2, -0.15) is 0 Å². The maximum Gasteiger partial charge on any atom is 0.171 e. The highest BCUT2D eigenvalue weighted by Gasteiger charge is 2.08. The van der Waals surface area contributed by atoms with E-state index in [1.54, 1.807) is 18.2 Å². The molecule has 0 amide bonds. The second-order valence-electron chi connectivity index (χ2n) is 4.50. The number of benzene rings is 2. The molecule has 2 N–H and O–H groups in total. The Morgan fingerprint density at radius 2 is 1.90 bits per heavy atom. The number of hydrogen-bond acceptors (Lipinski definition) is 1. The zero-order valence-corrected chi connectivity index (χ0v) is 14.3. The van der Waals surface area contributed by atoms with E-state index in [1.165, 1.54) is 12.1 Å². The summed E-state index contributed by atoms with van der Waals surface area (Å²) in [5.41, 5.74) is 1.75. The molecule has 6 heteroatoms. The lowest BCUT2D eigenvalue weighted by molar-refractivity contribution is 0.624. The van der Waals surface area contributed by atoms with E-state index < -0.39 is 0 Å². The van der Waals surface area contributed by atoms with Gasteiger partial charge in [-0.1, -0.05) is 23.7 Å². The largest absolute Gasteiger partial charge is 0.356 e. The van der Waals surface area contributed by atoms with Crippen LogP contribution < -0.4 is 10.6 Å². The van der Waals surface area contributed by atoms with Gasteiger partial charge in [0, 0.05) is 10.2 Å². The molecule has 0 heterocycles. The highest BCUT2D eigenvalue weighted by Crippen LogP contribution is 2.25. The van der Waals surface area contributed by atoms with Crippen LogP contribution in [0.2, 0.25) is 5.02 Å². The van der Waals surface area contributed by atoms with Crippen molar-refractivity contribution in [3.8, 4) is 0 Å². The first-order valence-electron chi connectivity index (χ1n) is 6.24. The lowest BCUT2D eigenvalue weighted by atomic mass is 10.1. The van der Waals surface area contributed by atoms with Gasteiger partial charge in [0.05, 0.1) is 11.1 Å². The zero-order valence-electron chi connectivity index (χ0n) is 11.2. The van der Waals surface area contributed by atoms with Crippen molar-refractivity contribution in [2.24, 2.45) is 0 Å². The van der Waals surface area contributed by atoms with E-state index in [9.17, 15) is 4.39 Å². The highest BCUT2D eigenvalue weighted by molar-refractivity contribution is 9.10. The minimum Gasteiger partial charge on any atom is -0.356 e. The standard InChI is InChI=1S/C15H13BrClFN2S/c1-9(10-2-4-11(18)5-3-10)19-15(21)20-12-6-7-13(16)14(17)8-12/h2-9H,1H3,(H2,19,20,21)/t9-/m1/s1. The van der Waals surface area contributed by atoms with Crippen molar-refractivity contribution in [3.05, 3.63) is 63.3 Å². The first kappa shape index (κ1) is 16.2. The fourth-order valence-corrected chi connectivity index (χ4v) is 2.49. The van der Waals surface area contributed by atoms with Crippen LogP contribution in [0.3, 0.4) is 0 Å². The monoisotopic (exact) mass is 386 g/mol. The van der Waals surface area contributed by atoms with Gasteiger partial charge < -0.3 is 10.6 Å². The van der Waals surface area contributed by atoms with E-state index in [-0.39, 0.29) is 11.9 Å². The molecule has 2 nitrogen and oxygen atoms in total. The van der Waals surface area contributed by atoms with Crippen LogP contribution in [0.4, 0.5) is 10.1 Å². The molecule has 0 saturated carbocycles. The van der Waals surface area contributed by atoms with E-state index >= 15 is 0 Å². The summed E-state index contributed by atoms with van der Waals surface area (Å²) in [5.74, 6) is -0.254. The van der Waals surface area contributed by atoms with Gasteiger partial charge in [-0.3, -0.25) is 0 Å². The topological polar surface area (TPSA) is 24.1 Å². The summed E-state index contributed by atoms with van der Waals surface area (Å²) < 4.78 is 13.7. The Labute approximate surface area is 141 Å². The van der Waals surface area contributed by atoms with E-state index in [0.29, 0.717) is 10.1 Å². The van der Waals surface area contributed by atoms with Crippen LogP contribution in [0.25, 0.3) is 0 Å². The first-order chi connectivity index (χ1) is 9.95. The molecular formula is C15H13BrClFN2S. The summed E-state index contributed by atoms with van der Waals surface area (Å²) in [6, 6.07) is 11.8. The predicted molar refractivity (Wildman–Crippen MR) is 93.3 cm³/mol. The molecule has 0 radical (unpaired) electrons. The molecule has 110 valence electrons. The van der Waals surface area contributed by atoms with Gasteiger partial charge in [0.15, 0.2) is 5.11 Å². The Morgan fingerprint density at radius 1 is 1.24 bits per heavy atom. The van der Waals surface area contributed by atoms with Gasteiger partial charge >= 0.3 is 0 Å². The van der Waals surface area contributed by atoms with Crippen LogP contribution in [-0.4, -0.2) is 5.11 Å². The number of thiocarbonyl (C=S) groups is 1. The highest BCUT2D eigenvalue weighted by atomic mass is 79.9. The average molecular weight is 388 g/mol. The summed E-state index contributed by atoms with van der Waals surface area (Å²) in [6.07, 6.45) is 0. The Hall–Kier alpha value is -1.17. The molecule has 0 saturated heterocycles. The van der Waals surface area contributed by atoms with Crippen molar-refractivity contribution in [3.63, 3.8) is 0 Å². The molecule has 2 rings (SSSR count). The molecule has 0 bridgehead atoms. The number of nitrogens with one attached hydrogen (secondary N) is 2. The van der Waals surface area contributed by atoms with Crippen molar-refractivity contribution in [2.45, 2.75) is 13.0 Å². The third kappa shape index (κ3) is 4.66. The molecule has 1 atom stereocenters. The lowest BCUT2D eigenvalue weighted by Crippen LogP contribution is -2.30. The zero-order chi connectivity index (χ0) is 15.4. The molecule has 2 aromatic rings. The quantitative estimate of drug-likeness (QED) is 0.700. The van der Waals surface area contributed by atoms with Crippen LogP contribution in [0.15, 0.2) is 46.9 Å². The molecule has 0 fully saturated rings. The molecular weight excluding hydrogens is 375 g/mol. The second-order valence-corrected chi connectivity index (χ2v) is 6.17. The Kier molecular flexibility index (Phi) is 5.56. The van der Waals surface area contributed by atoms with Crippen molar-refractivity contribution >= 4 is 50.5 Å². The Bertz CT molecular complexity index is 649. The van der Waals surface area contributed by atoms with Crippen molar-refractivity contribution in [1.29, 1.82) is 0 Å². The van der Waals surface area contributed by atoms with Crippen molar-refractivity contribution in [2.75, 3.05) is 5.32 Å². The fourth-order valence-electron chi connectivity index (χ4n) is 1.77. The van der Waals surface area contributed by atoms with Crippen LogP contribution >= 0.6 is 39.7 Å². The van der Waals surface area contributed by atoms with Crippen molar-refractivity contribution in [1.82, 2.24) is 5.32 Å². The van der Waals surface area contributed by atoms with Gasteiger partial charge in [0.2, 0.25) is 0 Å². The molecule has 0 aliphatic rings. The summed E-state index contributed by atoms with van der Waals surface area (Å²) in [6.45, 7) is 1.95. The van der Waals surface area contributed by atoms with E-state index in [0.717, 1.165) is 15.7 Å². The molecule has 0 unspecified atom stereocenters. The molecule has 0 spiro atoms. The summed E-state index contributed by atoms with van der Waals surface area (Å²) in [7, 11) is 0. The molecule has 2 aromatic carbocycles. The molecule has 0 aliphatic heterocycles. The average Bonchev–Trinajstić information content (AvgIpc) is 2.43. The fraction of sp³-hybridized carbons (Fsp3) is 0.133. The third-order valence-electron chi connectivity index (χ3n) is 2.90. The van der Waals surface area contributed by atoms with E-state index in [2.05, 4.69) is 26.6 Å².